The Morgan fingerprint density at radius 1 is 0.833 bits per heavy atom. The average Bonchev–Trinajstić information content (AvgIpc) is 3.09. The van der Waals surface area contributed by atoms with E-state index in [1.807, 2.05) is 60.7 Å². The molecule has 0 aliphatic heterocycles. The standard InChI is InChI=1S/C24H30O5Si/c1-27-21(25)23(22(26)28-2)16-19(18-12-8-6-9-13-18)17-24(23,29-30(3,4)5)20-14-10-7-11-15-20/h6-15,19H,16-17H2,1-5H3/t19-,24-/m1/s1. The van der Waals surface area contributed by atoms with Crippen LogP contribution in [0.15, 0.2) is 60.7 Å². The molecule has 1 fully saturated rings. The quantitative estimate of drug-likeness (QED) is 0.382. The highest BCUT2D eigenvalue weighted by Gasteiger charge is 2.71. The third kappa shape index (κ3) is 3.70. The first-order valence-corrected chi connectivity index (χ1v) is 13.6. The number of rotatable bonds is 6. The number of hydrogen-bond acceptors (Lipinski definition) is 5. The minimum Gasteiger partial charge on any atom is -0.468 e. The average molecular weight is 427 g/mol. The molecule has 0 aromatic heterocycles. The third-order valence-corrected chi connectivity index (χ3v) is 6.80. The van der Waals surface area contributed by atoms with Gasteiger partial charge in [0, 0.05) is 0 Å². The van der Waals surface area contributed by atoms with Gasteiger partial charge in [0.05, 0.1) is 14.2 Å². The van der Waals surface area contributed by atoms with E-state index >= 15 is 0 Å². The van der Waals surface area contributed by atoms with Crippen molar-refractivity contribution in [3.8, 4) is 0 Å². The summed E-state index contributed by atoms with van der Waals surface area (Å²) in [5, 5.41) is 0. The van der Waals surface area contributed by atoms with Crippen LogP contribution in [0.2, 0.25) is 19.6 Å². The number of methoxy groups -OCH3 is 2. The van der Waals surface area contributed by atoms with Gasteiger partial charge in [0.1, 0.15) is 5.60 Å². The molecule has 0 bridgehead atoms. The monoisotopic (exact) mass is 426 g/mol. The minimum absolute atomic E-state index is 0.0686. The van der Waals surface area contributed by atoms with Crippen LogP contribution in [-0.2, 0) is 29.1 Å². The van der Waals surface area contributed by atoms with Crippen molar-refractivity contribution in [1.82, 2.24) is 0 Å². The van der Waals surface area contributed by atoms with Crippen molar-refractivity contribution in [1.29, 1.82) is 0 Å². The summed E-state index contributed by atoms with van der Waals surface area (Å²) in [4.78, 5) is 26.8. The molecule has 1 saturated carbocycles. The van der Waals surface area contributed by atoms with Crippen molar-refractivity contribution in [2.45, 2.75) is 44.0 Å². The fourth-order valence-corrected chi connectivity index (χ4v) is 6.22. The van der Waals surface area contributed by atoms with Crippen LogP contribution in [0.4, 0.5) is 0 Å². The summed E-state index contributed by atoms with van der Waals surface area (Å²) in [5.41, 5.74) is -0.925. The van der Waals surface area contributed by atoms with Gasteiger partial charge in [0.25, 0.3) is 0 Å². The molecule has 0 spiro atoms. The fourth-order valence-electron chi connectivity index (χ4n) is 4.80. The van der Waals surface area contributed by atoms with Crippen molar-refractivity contribution < 1.29 is 23.5 Å². The summed E-state index contributed by atoms with van der Waals surface area (Å²) < 4.78 is 17.3. The number of benzene rings is 2. The minimum atomic E-state index is -2.23. The predicted molar refractivity (Wildman–Crippen MR) is 117 cm³/mol. The summed E-state index contributed by atoms with van der Waals surface area (Å²) in [6.07, 6.45) is 0.741. The smallest absolute Gasteiger partial charge is 0.326 e. The van der Waals surface area contributed by atoms with E-state index < -0.39 is 31.3 Å². The molecule has 0 unspecified atom stereocenters. The Bertz CT molecular complexity index is 875. The zero-order chi connectivity index (χ0) is 22.0. The molecule has 0 heterocycles. The van der Waals surface area contributed by atoms with E-state index in [0.29, 0.717) is 6.42 Å². The van der Waals surface area contributed by atoms with Gasteiger partial charge >= 0.3 is 11.9 Å². The fraction of sp³-hybridized carbons (Fsp3) is 0.417. The second kappa shape index (κ2) is 8.36. The summed E-state index contributed by atoms with van der Waals surface area (Å²) in [6.45, 7) is 6.19. The molecule has 160 valence electrons. The van der Waals surface area contributed by atoms with Gasteiger partial charge < -0.3 is 13.9 Å². The molecule has 1 aliphatic carbocycles. The molecule has 6 heteroatoms. The van der Waals surface area contributed by atoms with Crippen LogP contribution in [0.3, 0.4) is 0 Å². The van der Waals surface area contributed by atoms with Crippen molar-refractivity contribution in [2.24, 2.45) is 5.41 Å². The highest BCUT2D eigenvalue weighted by Crippen LogP contribution is 2.62. The van der Waals surface area contributed by atoms with Gasteiger partial charge in [-0.15, -0.1) is 0 Å². The van der Waals surface area contributed by atoms with Crippen molar-refractivity contribution in [3.05, 3.63) is 71.8 Å². The highest BCUT2D eigenvalue weighted by molar-refractivity contribution is 6.69. The van der Waals surface area contributed by atoms with Gasteiger partial charge in [-0.2, -0.15) is 0 Å². The molecular weight excluding hydrogens is 396 g/mol. The highest BCUT2D eigenvalue weighted by atomic mass is 28.4. The van der Waals surface area contributed by atoms with E-state index in [1.54, 1.807) is 0 Å². The van der Waals surface area contributed by atoms with Crippen LogP contribution in [0, 0.1) is 5.41 Å². The van der Waals surface area contributed by atoms with Crippen molar-refractivity contribution in [2.75, 3.05) is 14.2 Å². The Morgan fingerprint density at radius 2 is 1.33 bits per heavy atom. The molecule has 30 heavy (non-hydrogen) atoms. The van der Waals surface area contributed by atoms with Crippen LogP contribution >= 0.6 is 0 Å². The van der Waals surface area contributed by atoms with Gasteiger partial charge in [-0.3, -0.25) is 9.59 Å². The summed E-state index contributed by atoms with van der Waals surface area (Å²) >= 11 is 0. The molecule has 0 N–H and O–H groups in total. The second-order valence-electron chi connectivity index (χ2n) is 8.81. The molecule has 5 nitrogen and oxygen atoms in total. The molecule has 0 saturated heterocycles. The van der Waals surface area contributed by atoms with Crippen LogP contribution < -0.4 is 0 Å². The second-order valence-corrected chi connectivity index (χ2v) is 13.2. The topological polar surface area (TPSA) is 61.8 Å². The van der Waals surface area contributed by atoms with Gasteiger partial charge in [0.15, 0.2) is 13.7 Å². The normalized spacial score (nSPS) is 23.0. The lowest BCUT2D eigenvalue weighted by molar-refractivity contribution is -0.185. The van der Waals surface area contributed by atoms with E-state index in [0.717, 1.165) is 11.1 Å². The number of ether oxygens (including phenoxy) is 2. The SMILES string of the molecule is COC(=O)C1(C(=O)OC)C[C@@H](c2ccccc2)C[C@@]1(O[Si](C)(C)C)c1ccccc1. The van der Waals surface area contributed by atoms with E-state index in [1.165, 1.54) is 14.2 Å². The number of esters is 2. The Labute approximate surface area is 179 Å². The molecule has 0 radical (unpaired) electrons. The molecule has 2 aromatic carbocycles. The van der Waals surface area contributed by atoms with E-state index in [-0.39, 0.29) is 12.3 Å². The molecule has 1 aliphatic rings. The zero-order valence-corrected chi connectivity index (χ0v) is 19.3. The summed E-state index contributed by atoms with van der Waals surface area (Å²) in [5.74, 6) is -1.30. The van der Waals surface area contributed by atoms with Gasteiger partial charge in [-0.05, 0) is 49.5 Å². The summed E-state index contributed by atoms with van der Waals surface area (Å²) in [7, 11) is 0.396. The van der Waals surface area contributed by atoms with E-state index in [9.17, 15) is 9.59 Å². The first-order chi connectivity index (χ1) is 14.2. The summed E-state index contributed by atoms with van der Waals surface area (Å²) in [6, 6.07) is 19.5. The van der Waals surface area contributed by atoms with Crippen molar-refractivity contribution >= 4 is 20.3 Å². The van der Waals surface area contributed by atoms with Gasteiger partial charge in [-0.1, -0.05) is 60.7 Å². The zero-order valence-electron chi connectivity index (χ0n) is 18.3. The lowest BCUT2D eigenvalue weighted by atomic mass is 9.70. The van der Waals surface area contributed by atoms with Crippen LogP contribution in [-0.4, -0.2) is 34.5 Å². The molecule has 3 rings (SSSR count). The van der Waals surface area contributed by atoms with Gasteiger partial charge in [-0.25, -0.2) is 0 Å². The maximum absolute atomic E-state index is 13.4. The lowest BCUT2D eigenvalue weighted by Gasteiger charge is -2.45. The van der Waals surface area contributed by atoms with Crippen LogP contribution in [0.1, 0.15) is 29.9 Å². The van der Waals surface area contributed by atoms with E-state index in [4.69, 9.17) is 13.9 Å². The molecule has 2 atom stereocenters. The van der Waals surface area contributed by atoms with Crippen molar-refractivity contribution in [3.63, 3.8) is 0 Å². The Balaban J connectivity index is 2.32. The molecule has 0 amide bonds. The molecular formula is C24H30O5Si. The predicted octanol–water partition coefficient (Wildman–Crippen LogP) is 4.64. The number of hydrogen-bond donors (Lipinski definition) is 0. The lowest BCUT2D eigenvalue weighted by Crippen LogP contribution is -2.58. The van der Waals surface area contributed by atoms with Crippen LogP contribution in [0.5, 0.6) is 0 Å². The first kappa shape index (κ1) is 22.2. The largest absolute Gasteiger partial charge is 0.468 e. The Kier molecular flexibility index (Phi) is 6.20. The van der Waals surface area contributed by atoms with Gasteiger partial charge in [0.2, 0.25) is 0 Å². The maximum atomic E-state index is 13.4. The number of carbonyl (C=O) groups is 2. The van der Waals surface area contributed by atoms with E-state index in [2.05, 4.69) is 19.6 Å². The van der Waals surface area contributed by atoms with Crippen LogP contribution in [0.25, 0.3) is 0 Å². The Morgan fingerprint density at radius 3 is 1.80 bits per heavy atom. The maximum Gasteiger partial charge on any atom is 0.326 e. The third-order valence-electron chi connectivity index (χ3n) is 5.84. The Hall–Kier alpha value is -2.44. The number of carbonyl (C=O) groups excluding carboxylic acids is 2. The molecule has 2 aromatic rings. The first-order valence-electron chi connectivity index (χ1n) is 10.2.